The minimum atomic E-state index is -3.61. The number of hydrogen-bond donors (Lipinski definition) is 3. The van der Waals surface area contributed by atoms with Crippen LogP contribution in [0, 0.1) is 5.92 Å². The van der Waals surface area contributed by atoms with Gasteiger partial charge in [0.1, 0.15) is 10.9 Å². The topological polar surface area (TPSA) is 95.5 Å². The first kappa shape index (κ1) is 13.8. The van der Waals surface area contributed by atoms with Crippen molar-refractivity contribution in [1.29, 1.82) is 0 Å². The Kier molecular flexibility index (Phi) is 3.77. The molecule has 7 heteroatoms. The van der Waals surface area contributed by atoms with Crippen LogP contribution in [0.1, 0.15) is 12.8 Å². The summed E-state index contributed by atoms with van der Waals surface area (Å²) in [5.41, 5.74) is 0.316. The lowest BCUT2D eigenvalue weighted by atomic mass is 10.1. The molecule has 0 heterocycles. The fraction of sp³-hybridized carbons (Fsp3) is 0.417. The number of sulfonamides is 1. The molecule has 1 aliphatic carbocycles. The molecule has 0 amide bonds. The molecule has 0 aliphatic heterocycles. The number of hydrogen-bond acceptors (Lipinski definition) is 4. The van der Waals surface area contributed by atoms with Crippen LogP contribution in [0.15, 0.2) is 29.2 Å². The highest BCUT2D eigenvalue weighted by molar-refractivity contribution is 7.89. The van der Waals surface area contributed by atoms with E-state index < -0.39 is 22.0 Å². The van der Waals surface area contributed by atoms with Crippen LogP contribution in [0.5, 0.6) is 0 Å². The first-order valence-electron chi connectivity index (χ1n) is 5.97. The first-order chi connectivity index (χ1) is 8.95. The van der Waals surface area contributed by atoms with Crippen molar-refractivity contribution in [3.05, 3.63) is 24.3 Å². The van der Waals surface area contributed by atoms with E-state index in [2.05, 4.69) is 10.0 Å². The molecule has 1 aliphatic rings. The van der Waals surface area contributed by atoms with E-state index in [-0.39, 0.29) is 10.8 Å². The van der Waals surface area contributed by atoms with Crippen molar-refractivity contribution in [3.63, 3.8) is 0 Å². The molecule has 1 fully saturated rings. The van der Waals surface area contributed by atoms with E-state index in [1.54, 1.807) is 18.2 Å². The van der Waals surface area contributed by atoms with Crippen molar-refractivity contribution in [2.75, 3.05) is 12.4 Å². The second-order valence-corrected chi connectivity index (χ2v) is 6.36. The van der Waals surface area contributed by atoms with E-state index in [1.165, 1.54) is 13.1 Å². The Bertz CT molecular complexity index is 581. The maximum Gasteiger partial charge on any atom is 0.326 e. The van der Waals surface area contributed by atoms with Gasteiger partial charge in [0.15, 0.2) is 0 Å². The number of aliphatic carboxylic acids is 1. The highest BCUT2D eigenvalue weighted by Crippen LogP contribution is 2.35. The van der Waals surface area contributed by atoms with E-state index in [9.17, 15) is 13.2 Å². The van der Waals surface area contributed by atoms with E-state index in [0.29, 0.717) is 5.69 Å². The van der Waals surface area contributed by atoms with Gasteiger partial charge < -0.3 is 10.4 Å². The van der Waals surface area contributed by atoms with Crippen molar-refractivity contribution in [3.8, 4) is 0 Å². The van der Waals surface area contributed by atoms with Crippen LogP contribution in [-0.2, 0) is 14.8 Å². The van der Waals surface area contributed by atoms with Gasteiger partial charge in [-0.1, -0.05) is 12.1 Å². The number of carboxylic acids is 1. The van der Waals surface area contributed by atoms with Gasteiger partial charge in [-0.25, -0.2) is 17.9 Å². The average Bonchev–Trinajstić information content (AvgIpc) is 3.20. The molecule has 0 radical (unpaired) electrons. The van der Waals surface area contributed by atoms with Crippen LogP contribution < -0.4 is 10.0 Å². The standard InChI is InChI=1S/C12H16N2O4S/c1-13-19(17,18)10-5-3-2-4-9(10)14-11(12(15)16)8-6-7-8/h2-5,8,11,13-14H,6-7H2,1H3,(H,15,16). The molecular weight excluding hydrogens is 268 g/mol. The van der Waals surface area contributed by atoms with E-state index in [0.717, 1.165) is 12.8 Å². The molecule has 19 heavy (non-hydrogen) atoms. The average molecular weight is 284 g/mol. The van der Waals surface area contributed by atoms with Gasteiger partial charge in [-0.3, -0.25) is 0 Å². The minimum Gasteiger partial charge on any atom is -0.480 e. The predicted octanol–water partition coefficient (Wildman–Crippen LogP) is 0.870. The van der Waals surface area contributed by atoms with Crippen molar-refractivity contribution in [2.24, 2.45) is 5.92 Å². The molecule has 1 unspecified atom stereocenters. The highest BCUT2D eigenvalue weighted by Gasteiger charge is 2.36. The zero-order chi connectivity index (χ0) is 14.0. The summed E-state index contributed by atoms with van der Waals surface area (Å²) in [6.45, 7) is 0. The first-order valence-corrected chi connectivity index (χ1v) is 7.46. The van der Waals surface area contributed by atoms with Gasteiger partial charge in [-0.15, -0.1) is 0 Å². The lowest BCUT2D eigenvalue weighted by Gasteiger charge is -2.17. The third-order valence-electron chi connectivity index (χ3n) is 3.12. The van der Waals surface area contributed by atoms with Crippen molar-refractivity contribution >= 4 is 21.7 Å². The SMILES string of the molecule is CNS(=O)(=O)c1ccccc1NC(C(=O)O)C1CC1. The fourth-order valence-corrected chi connectivity index (χ4v) is 2.80. The summed E-state index contributed by atoms with van der Waals surface area (Å²) in [4.78, 5) is 11.2. The zero-order valence-electron chi connectivity index (χ0n) is 10.5. The number of benzene rings is 1. The van der Waals surface area contributed by atoms with Gasteiger partial charge in [0.25, 0.3) is 0 Å². The molecule has 0 saturated heterocycles. The molecule has 1 saturated carbocycles. The summed E-state index contributed by atoms with van der Waals surface area (Å²) in [5, 5.41) is 12.0. The fourth-order valence-electron chi connectivity index (χ4n) is 1.91. The molecular formula is C12H16N2O4S. The number of carbonyl (C=O) groups is 1. The molecule has 3 N–H and O–H groups in total. The molecule has 1 atom stereocenters. The summed E-state index contributed by atoms with van der Waals surface area (Å²) < 4.78 is 26.0. The monoisotopic (exact) mass is 284 g/mol. The maximum atomic E-state index is 11.9. The molecule has 6 nitrogen and oxygen atoms in total. The van der Waals surface area contributed by atoms with Gasteiger partial charge in [0.2, 0.25) is 10.0 Å². The molecule has 0 spiro atoms. The number of anilines is 1. The van der Waals surface area contributed by atoms with E-state index >= 15 is 0 Å². The normalized spacial score (nSPS) is 16.9. The molecule has 2 rings (SSSR count). The number of carboxylic acid groups (broad SMARTS) is 1. The number of nitrogens with one attached hydrogen (secondary N) is 2. The van der Waals surface area contributed by atoms with Crippen molar-refractivity contribution in [2.45, 2.75) is 23.8 Å². The quantitative estimate of drug-likeness (QED) is 0.720. The Morgan fingerprint density at radius 2 is 2.00 bits per heavy atom. The second kappa shape index (κ2) is 5.18. The Morgan fingerprint density at radius 1 is 1.37 bits per heavy atom. The Hall–Kier alpha value is -1.60. The van der Waals surface area contributed by atoms with Crippen LogP contribution >= 0.6 is 0 Å². The lowest BCUT2D eigenvalue weighted by molar-refractivity contribution is -0.138. The van der Waals surface area contributed by atoms with Gasteiger partial charge in [0.05, 0.1) is 5.69 Å². The zero-order valence-corrected chi connectivity index (χ0v) is 11.3. The maximum absolute atomic E-state index is 11.9. The molecule has 1 aromatic carbocycles. The van der Waals surface area contributed by atoms with Crippen LogP contribution in [-0.4, -0.2) is 32.6 Å². The third-order valence-corrected chi connectivity index (χ3v) is 4.59. The third kappa shape index (κ3) is 3.05. The molecule has 104 valence electrons. The minimum absolute atomic E-state index is 0.0596. The number of para-hydroxylation sites is 1. The van der Waals surface area contributed by atoms with Gasteiger partial charge in [0, 0.05) is 0 Å². The van der Waals surface area contributed by atoms with E-state index in [1.807, 2.05) is 0 Å². The predicted molar refractivity (Wildman–Crippen MR) is 70.5 cm³/mol. The van der Waals surface area contributed by atoms with Crippen LogP contribution in [0.2, 0.25) is 0 Å². The van der Waals surface area contributed by atoms with Gasteiger partial charge in [-0.05, 0) is 37.9 Å². The lowest BCUT2D eigenvalue weighted by Crippen LogP contribution is -2.32. The molecule has 0 bridgehead atoms. The Balaban J connectivity index is 2.32. The highest BCUT2D eigenvalue weighted by atomic mass is 32.2. The van der Waals surface area contributed by atoms with Gasteiger partial charge >= 0.3 is 5.97 Å². The summed E-state index contributed by atoms with van der Waals surface area (Å²) in [6.07, 6.45) is 1.70. The smallest absolute Gasteiger partial charge is 0.326 e. The summed E-state index contributed by atoms with van der Waals surface area (Å²) in [6, 6.07) is 5.54. The Labute approximate surface area is 111 Å². The van der Waals surface area contributed by atoms with Crippen LogP contribution in [0.3, 0.4) is 0 Å². The number of rotatable bonds is 6. The summed E-state index contributed by atoms with van der Waals surface area (Å²) in [5.74, 6) is -0.887. The van der Waals surface area contributed by atoms with Crippen LogP contribution in [0.4, 0.5) is 5.69 Å². The Morgan fingerprint density at radius 3 is 2.53 bits per heavy atom. The van der Waals surface area contributed by atoms with E-state index in [4.69, 9.17) is 5.11 Å². The summed E-state index contributed by atoms with van der Waals surface area (Å²) in [7, 11) is -2.29. The van der Waals surface area contributed by atoms with Crippen molar-refractivity contribution in [1.82, 2.24) is 4.72 Å². The molecule has 0 aromatic heterocycles. The largest absolute Gasteiger partial charge is 0.480 e. The van der Waals surface area contributed by atoms with Gasteiger partial charge in [-0.2, -0.15) is 0 Å². The second-order valence-electron chi connectivity index (χ2n) is 4.50. The summed E-state index contributed by atoms with van der Waals surface area (Å²) >= 11 is 0. The molecule has 1 aromatic rings. The van der Waals surface area contributed by atoms with Crippen LogP contribution in [0.25, 0.3) is 0 Å². The van der Waals surface area contributed by atoms with Crippen molar-refractivity contribution < 1.29 is 18.3 Å².